The third kappa shape index (κ3) is 3.25. The molecule has 110 valence electrons. The smallest absolute Gasteiger partial charge is 0.0585 e. The first-order chi connectivity index (χ1) is 10.2. The van der Waals surface area contributed by atoms with E-state index in [1.165, 1.54) is 36.0 Å². The van der Waals surface area contributed by atoms with Crippen LogP contribution < -0.4 is 5.32 Å². The molecule has 3 rings (SSSR count). The monoisotopic (exact) mass is 407 g/mol. The number of benzene rings is 2. The Bertz CT molecular complexity index is 618. The van der Waals surface area contributed by atoms with Gasteiger partial charge in [-0.25, -0.2) is 0 Å². The van der Waals surface area contributed by atoms with E-state index in [0.29, 0.717) is 0 Å². The van der Waals surface area contributed by atoms with Crippen LogP contribution in [0.15, 0.2) is 51.4 Å². The highest BCUT2D eigenvalue weighted by Crippen LogP contribution is 2.37. The molecule has 0 spiro atoms. The van der Waals surface area contributed by atoms with Crippen LogP contribution in [0.2, 0.25) is 0 Å². The van der Waals surface area contributed by atoms with Crippen molar-refractivity contribution >= 4 is 31.9 Å². The van der Waals surface area contributed by atoms with Crippen LogP contribution in [0.25, 0.3) is 0 Å². The van der Waals surface area contributed by atoms with E-state index in [-0.39, 0.29) is 6.04 Å². The first-order valence-corrected chi connectivity index (χ1v) is 8.99. The predicted octanol–water partition coefficient (Wildman–Crippen LogP) is 5.79. The summed E-state index contributed by atoms with van der Waals surface area (Å²) in [6.07, 6.45) is 4.09. The van der Waals surface area contributed by atoms with Gasteiger partial charge in [0.05, 0.1) is 6.04 Å². The summed E-state index contributed by atoms with van der Waals surface area (Å²) in [5.74, 6) is 0.796. The maximum atomic E-state index is 3.67. The molecule has 1 fully saturated rings. The van der Waals surface area contributed by atoms with Crippen molar-refractivity contribution in [2.24, 2.45) is 0 Å². The quantitative estimate of drug-likeness (QED) is 0.675. The van der Waals surface area contributed by atoms with E-state index in [4.69, 9.17) is 0 Å². The third-order valence-electron chi connectivity index (χ3n) is 4.40. The molecule has 1 N–H and O–H groups in total. The van der Waals surface area contributed by atoms with Gasteiger partial charge in [-0.05, 0) is 60.7 Å². The van der Waals surface area contributed by atoms with Crippen molar-refractivity contribution in [1.82, 2.24) is 5.32 Å². The molecule has 1 saturated carbocycles. The zero-order valence-corrected chi connectivity index (χ0v) is 15.2. The summed E-state index contributed by atoms with van der Waals surface area (Å²) in [6.45, 7) is 0. The van der Waals surface area contributed by atoms with Crippen LogP contribution >= 0.6 is 31.9 Å². The lowest BCUT2D eigenvalue weighted by atomic mass is 9.79. The molecule has 2 aromatic rings. The maximum absolute atomic E-state index is 3.67. The lowest BCUT2D eigenvalue weighted by molar-refractivity contribution is 0.419. The molecule has 1 nitrogen and oxygen atoms in total. The number of hydrogen-bond acceptors (Lipinski definition) is 1. The summed E-state index contributed by atoms with van der Waals surface area (Å²) in [7, 11) is 2.01. The van der Waals surface area contributed by atoms with Gasteiger partial charge in [-0.1, -0.05) is 62.5 Å². The zero-order chi connectivity index (χ0) is 14.8. The van der Waals surface area contributed by atoms with Gasteiger partial charge in [0.15, 0.2) is 0 Å². The van der Waals surface area contributed by atoms with Crippen molar-refractivity contribution in [3.8, 4) is 0 Å². The summed E-state index contributed by atoms with van der Waals surface area (Å²) < 4.78 is 2.24. The van der Waals surface area contributed by atoms with Crippen molar-refractivity contribution in [3.05, 3.63) is 68.1 Å². The molecule has 0 aliphatic heterocycles. The highest BCUT2D eigenvalue weighted by atomic mass is 79.9. The molecule has 21 heavy (non-hydrogen) atoms. The molecule has 1 aliphatic carbocycles. The Balaban J connectivity index is 1.90. The number of halogens is 2. The molecular formula is C18H19Br2N. The SMILES string of the molecule is CNC(c1ccc(C2CCC2)cc1)c1cc(Br)ccc1Br. The average molecular weight is 409 g/mol. The van der Waals surface area contributed by atoms with Crippen LogP contribution in [-0.4, -0.2) is 7.05 Å². The summed E-state index contributed by atoms with van der Waals surface area (Å²) >= 11 is 7.23. The topological polar surface area (TPSA) is 12.0 Å². The second kappa shape index (κ2) is 6.64. The molecule has 2 aromatic carbocycles. The van der Waals surface area contributed by atoms with Crippen LogP contribution in [0.1, 0.15) is 47.9 Å². The Kier molecular flexibility index (Phi) is 4.82. The Morgan fingerprint density at radius 2 is 1.76 bits per heavy atom. The minimum Gasteiger partial charge on any atom is -0.309 e. The van der Waals surface area contributed by atoms with Crippen molar-refractivity contribution in [3.63, 3.8) is 0 Å². The number of rotatable bonds is 4. The van der Waals surface area contributed by atoms with Crippen molar-refractivity contribution < 1.29 is 0 Å². The molecule has 0 aromatic heterocycles. The Morgan fingerprint density at radius 3 is 2.33 bits per heavy atom. The molecule has 0 bridgehead atoms. The van der Waals surface area contributed by atoms with Gasteiger partial charge >= 0.3 is 0 Å². The summed E-state index contributed by atoms with van der Waals surface area (Å²) in [6, 6.07) is 15.7. The minimum absolute atomic E-state index is 0.201. The fourth-order valence-corrected chi connectivity index (χ4v) is 3.79. The zero-order valence-electron chi connectivity index (χ0n) is 12.1. The molecule has 1 aliphatic rings. The van der Waals surface area contributed by atoms with E-state index in [9.17, 15) is 0 Å². The lowest BCUT2D eigenvalue weighted by Gasteiger charge is -2.26. The summed E-state index contributed by atoms with van der Waals surface area (Å²) in [4.78, 5) is 0. The second-order valence-electron chi connectivity index (χ2n) is 5.68. The van der Waals surface area contributed by atoms with Crippen LogP contribution in [0.3, 0.4) is 0 Å². The standard InChI is InChI=1S/C18H19Br2N/c1-21-18(16-11-15(19)9-10-17(16)20)14-7-5-13(6-8-14)12-3-2-4-12/h5-12,18,21H,2-4H2,1H3. The van der Waals surface area contributed by atoms with E-state index in [1.807, 2.05) is 7.05 Å². The maximum Gasteiger partial charge on any atom is 0.0585 e. The van der Waals surface area contributed by atoms with Crippen molar-refractivity contribution in [2.75, 3.05) is 7.05 Å². The van der Waals surface area contributed by atoms with Crippen molar-refractivity contribution in [1.29, 1.82) is 0 Å². The fourth-order valence-electron chi connectivity index (χ4n) is 2.94. The van der Waals surface area contributed by atoms with Gasteiger partial charge in [0.25, 0.3) is 0 Å². The van der Waals surface area contributed by atoms with Crippen LogP contribution in [0.4, 0.5) is 0 Å². The number of nitrogens with one attached hydrogen (secondary N) is 1. The van der Waals surface area contributed by atoms with Gasteiger partial charge in [-0.2, -0.15) is 0 Å². The molecule has 0 radical (unpaired) electrons. The molecule has 0 amide bonds. The lowest BCUT2D eigenvalue weighted by Crippen LogP contribution is -2.18. The molecule has 1 unspecified atom stereocenters. The first-order valence-electron chi connectivity index (χ1n) is 7.41. The Morgan fingerprint density at radius 1 is 1.05 bits per heavy atom. The van der Waals surface area contributed by atoms with E-state index < -0.39 is 0 Å². The van der Waals surface area contributed by atoms with Gasteiger partial charge in [-0.3, -0.25) is 0 Å². The highest BCUT2D eigenvalue weighted by molar-refractivity contribution is 9.11. The van der Waals surface area contributed by atoms with Gasteiger partial charge in [0.2, 0.25) is 0 Å². The summed E-state index contributed by atoms with van der Waals surface area (Å²) in [5, 5.41) is 3.43. The van der Waals surface area contributed by atoms with Crippen LogP contribution in [0.5, 0.6) is 0 Å². The third-order valence-corrected chi connectivity index (χ3v) is 5.62. The normalized spacial score (nSPS) is 16.5. The molecule has 0 heterocycles. The Labute approximate surface area is 143 Å². The second-order valence-corrected chi connectivity index (χ2v) is 7.45. The molecule has 3 heteroatoms. The number of hydrogen-bond donors (Lipinski definition) is 1. The average Bonchev–Trinajstić information content (AvgIpc) is 2.43. The first kappa shape index (κ1) is 15.3. The van der Waals surface area contributed by atoms with Crippen molar-refractivity contribution in [2.45, 2.75) is 31.2 Å². The molecule has 0 saturated heterocycles. The van der Waals surface area contributed by atoms with Gasteiger partial charge < -0.3 is 5.32 Å². The molecular weight excluding hydrogens is 390 g/mol. The highest BCUT2D eigenvalue weighted by Gasteiger charge is 2.20. The largest absolute Gasteiger partial charge is 0.309 e. The van der Waals surface area contributed by atoms with E-state index >= 15 is 0 Å². The van der Waals surface area contributed by atoms with Gasteiger partial charge in [0.1, 0.15) is 0 Å². The van der Waals surface area contributed by atoms with Crippen LogP contribution in [0, 0.1) is 0 Å². The van der Waals surface area contributed by atoms with Gasteiger partial charge in [-0.15, -0.1) is 0 Å². The van der Waals surface area contributed by atoms with Crippen LogP contribution in [-0.2, 0) is 0 Å². The van der Waals surface area contributed by atoms with E-state index in [1.54, 1.807) is 0 Å². The molecule has 1 atom stereocenters. The Hall–Kier alpha value is -0.640. The summed E-state index contributed by atoms with van der Waals surface area (Å²) in [5.41, 5.74) is 4.05. The van der Waals surface area contributed by atoms with Gasteiger partial charge in [0, 0.05) is 8.95 Å². The van der Waals surface area contributed by atoms with E-state index in [2.05, 4.69) is 79.6 Å². The predicted molar refractivity (Wildman–Crippen MR) is 95.8 cm³/mol. The van der Waals surface area contributed by atoms with E-state index in [0.717, 1.165) is 14.9 Å². The minimum atomic E-state index is 0.201. The fraction of sp³-hybridized carbons (Fsp3) is 0.333.